The number of hydrogen-bond donors (Lipinski definition) is 1. The third-order valence-corrected chi connectivity index (χ3v) is 6.51. The van der Waals surface area contributed by atoms with E-state index >= 15 is 0 Å². The van der Waals surface area contributed by atoms with Crippen LogP contribution in [-0.4, -0.2) is 42.0 Å². The van der Waals surface area contributed by atoms with Crippen molar-refractivity contribution in [3.8, 4) is 0 Å². The van der Waals surface area contributed by atoms with E-state index in [2.05, 4.69) is 66.5 Å². The number of benzene rings is 2. The number of fused-ring (bicyclic) bond motifs is 2. The lowest BCUT2D eigenvalue weighted by Crippen LogP contribution is -2.46. The molecule has 2 aromatic rings. The number of nitrogens with one attached hydrogen (secondary N) is 1. The molecule has 1 amide bonds. The molecule has 2 aliphatic heterocycles. The molecule has 0 saturated carbocycles. The summed E-state index contributed by atoms with van der Waals surface area (Å²) in [4.78, 5) is 17.5. The Hall–Kier alpha value is -2.33. The normalized spacial score (nSPS) is 22.7. The zero-order valence-corrected chi connectivity index (χ0v) is 18.4. The highest BCUT2D eigenvalue weighted by Crippen LogP contribution is 2.37. The van der Waals surface area contributed by atoms with Crippen molar-refractivity contribution in [3.05, 3.63) is 60.2 Å². The predicted molar refractivity (Wildman–Crippen MR) is 124 cm³/mol. The van der Waals surface area contributed by atoms with Crippen LogP contribution < -0.4 is 10.2 Å². The Morgan fingerprint density at radius 2 is 1.43 bits per heavy atom. The molecular formula is C26H35N3O. The predicted octanol–water partition coefficient (Wildman–Crippen LogP) is 5.37. The lowest BCUT2D eigenvalue weighted by molar-refractivity contribution is 0.0755. The maximum absolute atomic E-state index is 13.0. The van der Waals surface area contributed by atoms with E-state index < -0.39 is 0 Å². The summed E-state index contributed by atoms with van der Waals surface area (Å²) in [6, 6.07) is 20.8. The Morgan fingerprint density at radius 1 is 0.867 bits per heavy atom. The van der Waals surface area contributed by atoms with Gasteiger partial charge in [-0.2, -0.15) is 0 Å². The standard InChI is InChI=1S/C26H35N3O/c1-3-16-28(17-4-2)26(30)20-10-14-24(15-11-20)29(23-8-6-5-7-9-23)25-18-21-12-13-22(19-25)27-21/h5-11,14-15,21-22,25,27H,3-4,12-13,16-19H2,1-2H3/t21-,22+,25-. The second-order valence-electron chi connectivity index (χ2n) is 8.81. The van der Waals surface area contributed by atoms with Crippen LogP contribution in [0.2, 0.25) is 0 Å². The average molecular weight is 406 g/mol. The van der Waals surface area contributed by atoms with E-state index in [1.165, 1.54) is 37.1 Å². The molecule has 4 rings (SSSR count). The molecule has 2 saturated heterocycles. The van der Waals surface area contributed by atoms with E-state index in [1.807, 2.05) is 17.0 Å². The SMILES string of the molecule is CCCN(CCC)C(=O)c1ccc(N(c2ccccc2)[C@@H]2C[C@H]3CC[C@@H](C2)N3)cc1. The third kappa shape index (κ3) is 4.54. The molecule has 4 heteroatoms. The Bertz CT molecular complexity index is 802. The topological polar surface area (TPSA) is 35.6 Å². The van der Waals surface area contributed by atoms with E-state index in [0.29, 0.717) is 18.1 Å². The summed E-state index contributed by atoms with van der Waals surface area (Å²) < 4.78 is 0. The number of piperidine rings is 1. The number of para-hydroxylation sites is 1. The molecule has 0 spiro atoms. The zero-order chi connectivity index (χ0) is 20.9. The average Bonchev–Trinajstić information content (AvgIpc) is 3.12. The van der Waals surface area contributed by atoms with Crippen LogP contribution in [0, 0.1) is 0 Å². The van der Waals surface area contributed by atoms with Crippen LogP contribution in [0.4, 0.5) is 11.4 Å². The van der Waals surface area contributed by atoms with Crippen molar-refractivity contribution >= 4 is 17.3 Å². The molecule has 4 nitrogen and oxygen atoms in total. The molecule has 2 fully saturated rings. The van der Waals surface area contributed by atoms with Gasteiger partial charge in [0.2, 0.25) is 0 Å². The van der Waals surface area contributed by atoms with Crippen molar-refractivity contribution in [1.82, 2.24) is 10.2 Å². The summed E-state index contributed by atoms with van der Waals surface area (Å²) in [5.41, 5.74) is 3.21. The number of carbonyl (C=O) groups excluding carboxylic acids is 1. The van der Waals surface area contributed by atoms with Crippen LogP contribution in [0.3, 0.4) is 0 Å². The number of carbonyl (C=O) groups is 1. The van der Waals surface area contributed by atoms with Gasteiger partial charge in [-0.1, -0.05) is 32.0 Å². The molecule has 2 aromatic carbocycles. The van der Waals surface area contributed by atoms with Gasteiger partial charge in [-0.05, 0) is 74.9 Å². The Morgan fingerprint density at radius 3 is 2.00 bits per heavy atom. The maximum Gasteiger partial charge on any atom is 0.253 e. The number of anilines is 2. The van der Waals surface area contributed by atoms with Gasteiger partial charge in [0, 0.05) is 48.2 Å². The van der Waals surface area contributed by atoms with Gasteiger partial charge in [0.05, 0.1) is 0 Å². The molecule has 160 valence electrons. The monoisotopic (exact) mass is 405 g/mol. The number of amides is 1. The molecule has 0 radical (unpaired) electrons. The highest BCUT2D eigenvalue weighted by atomic mass is 16.2. The van der Waals surface area contributed by atoms with Crippen molar-refractivity contribution in [1.29, 1.82) is 0 Å². The van der Waals surface area contributed by atoms with Crippen molar-refractivity contribution in [3.63, 3.8) is 0 Å². The van der Waals surface area contributed by atoms with E-state index in [4.69, 9.17) is 0 Å². The lowest BCUT2D eigenvalue weighted by Gasteiger charge is -2.39. The summed E-state index contributed by atoms with van der Waals surface area (Å²) >= 11 is 0. The molecule has 2 heterocycles. The fraction of sp³-hybridized carbons (Fsp3) is 0.500. The first-order chi connectivity index (χ1) is 14.7. The van der Waals surface area contributed by atoms with Gasteiger partial charge in [-0.15, -0.1) is 0 Å². The second kappa shape index (κ2) is 9.65. The molecule has 30 heavy (non-hydrogen) atoms. The van der Waals surface area contributed by atoms with Gasteiger partial charge in [-0.3, -0.25) is 4.79 Å². The van der Waals surface area contributed by atoms with Crippen LogP contribution >= 0.6 is 0 Å². The van der Waals surface area contributed by atoms with Crippen molar-refractivity contribution in [2.24, 2.45) is 0 Å². The summed E-state index contributed by atoms with van der Waals surface area (Å²) in [6.07, 6.45) is 6.91. The van der Waals surface area contributed by atoms with E-state index in [9.17, 15) is 4.79 Å². The van der Waals surface area contributed by atoms with Gasteiger partial charge in [-0.25, -0.2) is 0 Å². The van der Waals surface area contributed by atoms with Gasteiger partial charge in [0.1, 0.15) is 0 Å². The molecule has 0 aliphatic carbocycles. The van der Waals surface area contributed by atoms with Crippen LogP contribution in [0.15, 0.2) is 54.6 Å². The van der Waals surface area contributed by atoms with Gasteiger partial charge in [0.25, 0.3) is 5.91 Å². The highest BCUT2D eigenvalue weighted by molar-refractivity contribution is 5.94. The molecule has 0 unspecified atom stereocenters. The second-order valence-corrected chi connectivity index (χ2v) is 8.81. The van der Waals surface area contributed by atoms with E-state index in [1.54, 1.807) is 0 Å². The first-order valence-electron chi connectivity index (χ1n) is 11.7. The van der Waals surface area contributed by atoms with Crippen LogP contribution in [0.5, 0.6) is 0 Å². The van der Waals surface area contributed by atoms with Crippen molar-refractivity contribution < 1.29 is 4.79 Å². The van der Waals surface area contributed by atoms with Gasteiger partial charge < -0.3 is 15.1 Å². The smallest absolute Gasteiger partial charge is 0.253 e. The van der Waals surface area contributed by atoms with Crippen molar-refractivity contribution in [2.75, 3.05) is 18.0 Å². The van der Waals surface area contributed by atoms with Gasteiger partial charge >= 0.3 is 0 Å². The van der Waals surface area contributed by atoms with Crippen LogP contribution in [0.25, 0.3) is 0 Å². The van der Waals surface area contributed by atoms with E-state index in [0.717, 1.165) is 31.5 Å². The Balaban J connectivity index is 1.59. The summed E-state index contributed by atoms with van der Waals surface area (Å²) in [7, 11) is 0. The van der Waals surface area contributed by atoms with E-state index in [-0.39, 0.29) is 5.91 Å². The molecular weight excluding hydrogens is 370 g/mol. The van der Waals surface area contributed by atoms with Gasteiger partial charge in [0.15, 0.2) is 0 Å². The largest absolute Gasteiger partial charge is 0.339 e. The lowest BCUT2D eigenvalue weighted by atomic mass is 9.96. The first kappa shape index (κ1) is 20.9. The minimum atomic E-state index is 0.149. The van der Waals surface area contributed by atoms with Crippen molar-refractivity contribution in [2.45, 2.75) is 70.5 Å². The fourth-order valence-corrected chi connectivity index (χ4v) is 5.20. The minimum Gasteiger partial charge on any atom is -0.339 e. The Labute approximate surface area is 181 Å². The molecule has 2 bridgehead atoms. The molecule has 2 aliphatic rings. The van der Waals surface area contributed by atoms with Crippen LogP contribution in [0.1, 0.15) is 62.7 Å². The number of nitrogens with zero attached hydrogens (tertiary/aromatic N) is 2. The molecule has 1 N–H and O–H groups in total. The quantitative estimate of drug-likeness (QED) is 0.641. The van der Waals surface area contributed by atoms with Crippen LogP contribution in [-0.2, 0) is 0 Å². The summed E-state index contributed by atoms with van der Waals surface area (Å²) in [5.74, 6) is 0.149. The fourth-order valence-electron chi connectivity index (χ4n) is 5.20. The highest BCUT2D eigenvalue weighted by Gasteiger charge is 2.36. The summed E-state index contributed by atoms with van der Waals surface area (Å²) in [6.45, 7) is 5.90. The zero-order valence-electron chi connectivity index (χ0n) is 18.4. The summed E-state index contributed by atoms with van der Waals surface area (Å²) in [5, 5.41) is 3.76. The maximum atomic E-state index is 13.0. The third-order valence-electron chi connectivity index (χ3n) is 6.51. The molecule has 3 atom stereocenters. The number of rotatable bonds is 8. The minimum absolute atomic E-state index is 0.149. The number of hydrogen-bond acceptors (Lipinski definition) is 3. The Kier molecular flexibility index (Phi) is 6.73. The molecule has 0 aromatic heterocycles. The first-order valence-corrected chi connectivity index (χ1v) is 11.7.